The molecule has 6 heteroatoms. The molecule has 2 aromatic carbocycles. The molecule has 3 rings (SSSR count). The average Bonchev–Trinajstić information content (AvgIpc) is 2.57. The number of aromatic nitrogens is 2. The van der Waals surface area contributed by atoms with Crippen molar-refractivity contribution in [3.05, 3.63) is 82.3 Å². The van der Waals surface area contributed by atoms with Gasteiger partial charge in [0.25, 0.3) is 5.56 Å². The zero-order chi connectivity index (χ0) is 17.3. The second-order valence-electron chi connectivity index (χ2n) is 5.25. The minimum Gasteiger partial charge on any atom is -0.269 e. The molecule has 1 heterocycles. The molecule has 0 unspecified atom stereocenters. The van der Waals surface area contributed by atoms with Crippen LogP contribution in [0.15, 0.2) is 65.5 Å². The molecule has 0 saturated carbocycles. The highest BCUT2D eigenvalue weighted by Gasteiger charge is 2.37. The summed E-state index contributed by atoms with van der Waals surface area (Å²) in [5.41, 5.74) is -1.42. The van der Waals surface area contributed by atoms with Gasteiger partial charge in [0.05, 0.1) is 5.69 Å². The van der Waals surface area contributed by atoms with E-state index in [2.05, 4.69) is 4.98 Å². The lowest BCUT2D eigenvalue weighted by molar-refractivity contribution is -0.141. The molecular formula is C18H13F3N2O. The van der Waals surface area contributed by atoms with Gasteiger partial charge in [0.15, 0.2) is 5.69 Å². The predicted octanol–water partition coefficient (Wildman–Crippen LogP) is 4.23. The molecule has 0 aliphatic rings. The van der Waals surface area contributed by atoms with E-state index in [9.17, 15) is 18.0 Å². The molecule has 0 aliphatic carbocycles. The molecule has 0 saturated heterocycles. The smallest absolute Gasteiger partial charge is 0.269 e. The molecule has 0 fully saturated rings. The summed E-state index contributed by atoms with van der Waals surface area (Å²) in [5, 5.41) is 0. The van der Waals surface area contributed by atoms with Crippen LogP contribution in [0.5, 0.6) is 0 Å². The highest BCUT2D eigenvalue weighted by atomic mass is 19.4. The second kappa shape index (κ2) is 5.96. The van der Waals surface area contributed by atoms with Crippen molar-refractivity contribution in [2.75, 3.05) is 0 Å². The average molecular weight is 330 g/mol. The molecule has 0 atom stereocenters. The van der Waals surface area contributed by atoms with Crippen LogP contribution < -0.4 is 5.56 Å². The van der Waals surface area contributed by atoms with Crippen molar-refractivity contribution in [2.45, 2.75) is 13.1 Å². The zero-order valence-corrected chi connectivity index (χ0v) is 12.7. The van der Waals surface area contributed by atoms with Gasteiger partial charge in [0, 0.05) is 11.1 Å². The number of hydrogen-bond acceptors (Lipinski definition) is 2. The van der Waals surface area contributed by atoms with Crippen molar-refractivity contribution < 1.29 is 13.2 Å². The van der Waals surface area contributed by atoms with Gasteiger partial charge in [-0.1, -0.05) is 48.5 Å². The van der Waals surface area contributed by atoms with Gasteiger partial charge in [0.1, 0.15) is 5.82 Å². The Morgan fingerprint density at radius 1 is 0.917 bits per heavy atom. The Morgan fingerprint density at radius 2 is 1.46 bits per heavy atom. The summed E-state index contributed by atoms with van der Waals surface area (Å²) >= 11 is 0. The van der Waals surface area contributed by atoms with E-state index >= 15 is 0 Å². The van der Waals surface area contributed by atoms with Gasteiger partial charge in [0.2, 0.25) is 0 Å². The van der Waals surface area contributed by atoms with Crippen molar-refractivity contribution in [3.63, 3.8) is 0 Å². The summed E-state index contributed by atoms with van der Waals surface area (Å²) in [7, 11) is 0. The Bertz CT molecular complexity index is 917. The Balaban J connectivity index is 2.40. The molecule has 0 spiro atoms. The normalized spacial score (nSPS) is 11.5. The number of halogens is 3. The van der Waals surface area contributed by atoms with E-state index < -0.39 is 23.0 Å². The maximum Gasteiger partial charge on any atom is 0.433 e. The summed E-state index contributed by atoms with van der Waals surface area (Å²) in [4.78, 5) is 16.4. The fourth-order valence-electron chi connectivity index (χ4n) is 2.48. The third kappa shape index (κ3) is 2.82. The van der Waals surface area contributed by atoms with Crippen LogP contribution in [0.4, 0.5) is 13.2 Å². The van der Waals surface area contributed by atoms with Gasteiger partial charge in [-0.2, -0.15) is 13.2 Å². The van der Waals surface area contributed by atoms with Gasteiger partial charge in [-0.3, -0.25) is 9.36 Å². The number of alkyl halides is 3. The fraction of sp³-hybridized carbons (Fsp3) is 0.111. The molecule has 1 aromatic heterocycles. The van der Waals surface area contributed by atoms with Gasteiger partial charge >= 0.3 is 6.18 Å². The van der Waals surface area contributed by atoms with Crippen molar-refractivity contribution in [3.8, 4) is 17.1 Å². The highest BCUT2D eigenvalue weighted by Crippen LogP contribution is 2.31. The maximum absolute atomic E-state index is 13.2. The maximum atomic E-state index is 13.2. The number of benzene rings is 2. The van der Waals surface area contributed by atoms with E-state index in [1.165, 1.54) is 4.57 Å². The Hall–Kier alpha value is -2.89. The van der Waals surface area contributed by atoms with E-state index in [0.717, 1.165) is 6.92 Å². The topological polar surface area (TPSA) is 34.9 Å². The summed E-state index contributed by atoms with van der Waals surface area (Å²) in [6.07, 6.45) is -4.69. The largest absolute Gasteiger partial charge is 0.433 e. The first-order chi connectivity index (χ1) is 11.4. The monoisotopic (exact) mass is 330 g/mol. The van der Waals surface area contributed by atoms with Crippen molar-refractivity contribution in [1.29, 1.82) is 0 Å². The van der Waals surface area contributed by atoms with Crippen LogP contribution in [0.3, 0.4) is 0 Å². The third-order valence-corrected chi connectivity index (χ3v) is 3.62. The molecule has 122 valence electrons. The van der Waals surface area contributed by atoms with Crippen LogP contribution in [0.1, 0.15) is 11.3 Å². The summed E-state index contributed by atoms with van der Waals surface area (Å²) < 4.78 is 41.0. The van der Waals surface area contributed by atoms with Crippen LogP contribution in [-0.4, -0.2) is 9.55 Å². The molecule has 3 nitrogen and oxygen atoms in total. The molecule has 24 heavy (non-hydrogen) atoms. The van der Waals surface area contributed by atoms with E-state index in [1.54, 1.807) is 60.7 Å². The van der Waals surface area contributed by atoms with Crippen LogP contribution in [-0.2, 0) is 6.18 Å². The third-order valence-electron chi connectivity index (χ3n) is 3.62. The van der Waals surface area contributed by atoms with E-state index in [0.29, 0.717) is 11.3 Å². The summed E-state index contributed by atoms with van der Waals surface area (Å²) in [6.45, 7) is 1.15. The van der Waals surface area contributed by atoms with Gasteiger partial charge in [-0.15, -0.1) is 0 Å². The molecule has 3 aromatic rings. The minimum absolute atomic E-state index is 0.0373. The second-order valence-corrected chi connectivity index (χ2v) is 5.25. The van der Waals surface area contributed by atoms with Gasteiger partial charge < -0.3 is 0 Å². The Kier molecular flexibility index (Phi) is 3.97. The van der Waals surface area contributed by atoms with E-state index in [-0.39, 0.29) is 5.82 Å². The molecule has 0 N–H and O–H groups in total. The number of para-hydroxylation sites is 1. The van der Waals surface area contributed by atoms with Crippen molar-refractivity contribution in [2.24, 2.45) is 0 Å². The van der Waals surface area contributed by atoms with E-state index in [1.807, 2.05) is 0 Å². The number of rotatable bonds is 2. The fourth-order valence-corrected chi connectivity index (χ4v) is 2.48. The van der Waals surface area contributed by atoms with Crippen LogP contribution in [0.25, 0.3) is 17.1 Å². The lowest BCUT2D eigenvalue weighted by Crippen LogP contribution is -2.28. The quantitative estimate of drug-likeness (QED) is 0.705. The number of nitrogens with zero attached hydrogens (tertiary/aromatic N) is 2. The Labute approximate surface area is 136 Å². The lowest BCUT2D eigenvalue weighted by Gasteiger charge is -2.17. The van der Waals surface area contributed by atoms with Gasteiger partial charge in [-0.25, -0.2) is 4.98 Å². The lowest BCUT2D eigenvalue weighted by atomic mass is 10.1. The van der Waals surface area contributed by atoms with Crippen molar-refractivity contribution in [1.82, 2.24) is 9.55 Å². The van der Waals surface area contributed by atoms with E-state index in [4.69, 9.17) is 0 Å². The Morgan fingerprint density at radius 3 is 2.00 bits per heavy atom. The SMILES string of the molecule is Cc1c(C(F)(F)F)nc(-c2ccccc2)n(-c2ccccc2)c1=O. The molecule has 0 aliphatic heterocycles. The van der Waals surface area contributed by atoms with Crippen LogP contribution >= 0.6 is 0 Å². The zero-order valence-electron chi connectivity index (χ0n) is 12.7. The first-order valence-electron chi connectivity index (χ1n) is 7.21. The summed E-state index contributed by atoms with van der Waals surface area (Å²) in [6, 6.07) is 16.9. The van der Waals surface area contributed by atoms with Crippen LogP contribution in [0.2, 0.25) is 0 Å². The van der Waals surface area contributed by atoms with Crippen LogP contribution in [0, 0.1) is 6.92 Å². The predicted molar refractivity (Wildman–Crippen MR) is 85.0 cm³/mol. The molecule has 0 bridgehead atoms. The molecule has 0 amide bonds. The summed E-state index contributed by atoms with van der Waals surface area (Å²) in [5.74, 6) is -0.0373. The standard InChI is InChI=1S/C18H13F3N2O/c1-12-15(18(19,20)21)22-16(13-8-4-2-5-9-13)23(17(12)24)14-10-6-3-7-11-14/h2-11H,1H3. The minimum atomic E-state index is -4.69. The highest BCUT2D eigenvalue weighted by molar-refractivity contribution is 5.59. The molecular weight excluding hydrogens is 317 g/mol. The first kappa shape index (κ1) is 16.0. The number of hydrogen-bond donors (Lipinski definition) is 0. The first-order valence-corrected chi connectivity index (χ1v) is 7.21. The molecule has 0 radical (unpaired) electrons. The van der Waals surface area contributed by atoms with Gasteiger partial charge in [-0.05, 0) is 19.1 Å². The van der Waals surface area contributed by atoms with Crippen molar-refractivity contribution >= 4 is 0 Å².